The summed E-state index contributed by atoms with van der Waals surface area (Å²) in [5.74, 6) is -0.186. The first-order chi connectivity index (χ1) is 8.85. The fourth-order valence-corrected chi connectivity index (χ4v) is 2.90. The summed E-state index contributed by atoms with van der Waals surface area (Å²) >= 11 is 3.35. The van der Waals surface area contributed by atoms with E-state index in [-0.39, 0.29) is 22.3 Å². The van der Waals surface area contributed by atoms with E-state index in [0.29, 0.717) is 10.0 Å². The molecule has 4 nitrogen and oxygen atoms in total. The van der Waals surface area contributed by atoms with Gasteiger partial charge in [0.05, 0.1) is 4.47 Å². The van der Waals surface area contributed by atoms with Gasteiger partial charge in [0.1, 0.15) is 0 Å². The van der Waals surface area contributed by atoms with Crippen molar-refractivity contribution in [3.05, 3.63) is 21.7 Å². The predicted molar refractivity (Wildman–Crippen MR) is 81.9 cm³/mol. The quantitative estimate of drug-likeness (QED) is 0.566. The summed E-state index contributed by atoms with van der Waals surface area (Å²) in [6, 6.07) is 1.90. The molecule has 0 saturated carbocycles. The number of ether oxygens (including phenoxy) is 1. The molecule has 0 heterocycles. The van der Waals surface area contributed by atoms with Gasteiger partial charge in [-0.25, -0.2) is 4.79 Å². The highest BCUT2D eigenvalue weighted by Gasteiger charge is 2.30. The second-order valence-electron chi connectivity index (χ2n) is 6.83. The molecule has 0 bridgehead atoms. The maximum absolute atomic E-state index is 10.8. The van der Waals surface area contributed by atoms with Crippen LogP contribution in [0.25, 0.3) is 0 Å². The molecule has 5 heteroatoms. The molecule has 1 aromatic rings. The molecular formula is C15H21BrO4. The normalized spacial score (nSPS) is 12.3. The number of rotatable bonds is 1. The third kappa shape index (κ3) is 3.45. The lowest BCUT2D eigenvalue weighted by Crippen LogP contribution is -2.18. The average molecular weight is 345 g/mol. The van der Waals surface area contributed by atoms with E-state index in [4.69, 9.17) is 9.84 Å². The molecule has 0 atom stereocenters. The predicted octanol–water partition coefficient (Wildman–Crippen LogP) is 4.81. The van der Waals surface area contributed by atoms with Crippen LogP contribution in [0.5, 0.6) is 11.5 Å². The largest absolute Gasteiger partial charge is 0.511 e. The third-order valence-corrected chi connectivity index (χ3v) is 3.79. The number of phenols is 1. The highest BCUT2D eigenvalue weighted by molar-refractivity contribution is 9.10. The molecule has 1 rings (SSSR count). The van der Waals surface area contributed by atoms with Gasteiger partial charge in [-0.2, -0.15) is 0 Å². The Labute approximate surface area is 127 Å². The van der Waals surface area contributed by atoms with Gasteiger partial charge in [-0.15, -0.1) is 0 Å². The Morgan fingerprint density at radius 3 is 1.90 bits per heavy atom. The van der Waals surface area contributed by atoms with Crippen molar-refractivity contribution >= 4 is 22.1 Å². The topological polar surface area (TPSA) is 66.8 Å². The molecule has 1 aromatic carbocycles. The molecule has 20 heavy (non-hydrogen) atoms. The Hall–Kier alpha value is -1.23. The van der Waals surface area contributed by atoms with Gasteiger partial charge in [-0.1, -0.05) is 41.5 Å². The Bertz CT molecular complexity index is 498. The van der Waals surface area contributed by atoms with E-state index in [9.17, 15) is 9.90 Å². The van der Waals surface area contributed by atoms with Gasteiger partial charge in [0.2, 0.25) is 0 Å². The number of carboxylic acid groups (broad SMARTS) is 1. The minimum absolute atomic E-state index is 0.0464. The molecule has 112 valence electrons. The molecule has 0 fully saturated rings. The minimum atomic E-state index is -1.45. The molecule has 0 aliphatic heterocycles. The molecular weight excluding hydrogens is 324 g/mol. The fourth-order valence-electron chi connectivity index (χ4n) is 1.92. The molecule has 0 spiro atoms. The van der Waals surface area contributed by atoms with Crippen LogP contribution in [0.1, 0.15) is 52.7 Å². The summed E-state index contributed by atoms with van der Waals surface area (Å²) in [5.41, 5.74) is 0.989. The SMILES string of the molecule is CC(C)(C)c1cc(C(C)(C)C)c(Br)c(OC(=O)O)c1O. The van der Waals surface area contributed by atoms with Gasteiger partial charge >= 0.3 is 6.16 Å². The van der Waals surface area contributed by atoms with Crippen molar-refractivity contribution in [1.29, 1.82) is 0 Å². The second-order valence-corrected chi connectivity index (χ2v) is 7.62. The Morgan fingerprint density at radius 2 is 1.55 bits per heavy atom. The zero-order valence-corrected chi connectivity index (χ0v) is 14.3. The van der Waals surface area contributed by atoms with E-state index >= 15 is 0 Å². The van der Waals surface area contributed by atoms with Crippen molar-refractivity contribution in [3.8, 4) is 11.5 Å². The summed E-state index contributed by atoms with van der Waals surface area (Å²) in [6.07, 6.45) is -1.45. The fraction of sp³-hybridized carbons (Fsp3) is 0.533. The van der Waals surface area contributed by atoms with Crippen LogP contribution in [-0.2, 0) is 10.8 Å². The van der Waals surface area contributed by atoms with Crippen LogP contribution in [0.4, 0.5) is 4.79 Å². The number of carbonyl (C=O) groups is 1. The van der Waals surface area contributed by atoms with E-state index in [2.05, 4.69) is 15.9 Å². The monoisotopic (exact) mass is 344 g/mol. The number of benzene rings is 1. The minimum Gasteiger partial charge on any atom is -0.504 e. The maximum atomic E-state index is 10.8. The van der Waals surface area contributed by atoms with Crippen LogP contribution in [0, 0.1) is 0 Å². The highest BCUT2D eigenvalue weighted by atomic mass is 79.9. The highest BCUT2D eigenvalue weighted by Crippen LogP contribution is 2.47. The molecule has 0 unspecified atom stereocenters. The van der Waals surface area contributed by atoms with Crippen molar-refractivity contribution in [2.75, 3.05) is 0 Å². The molecule has 0 radical (unpaired) electrons. The van der Waals surface area contributed by atoms with E-state index in [0.717, 1.165) is 5.56 Å². The van der Waals surface area contributed by atoms with Crippen LogP contribution in [-0.4, -0.2) is 16.4 Å². The van der Waals surface area contributed by atoms with Gasteiger partial charge in [-0.05, 0) is 38.4 Å². The lowest BCUT2D eigenvalue weighted by atomic mass is 9.80. The second kappa shape index (κ2) is 5.28. The van der Waals surface area contributed by atoms with E-state index in [1.807, 2.05) is 47.6 Å². The van der Waals surface area contributed by atoms with Crippen LogP contribution >= 0.6 is 15.9 Å². The molecule has 2 N–H and O–H groups in total. The maximum Gasteiger partial charge on any atom is 0.511 e. The first-order valence-electron chi connectivity index (χ1n) is 6.33. The van der Waals surface area contributed by atoms with E-state index < -0.39 is 6.16 Å². The standard InChI is InChI=1S/C15H21BrO4/c1-14(2,3)8-7-9(15(4,5)6)11(17)12(10(8)16)20-13(18)19/h7,17H,1-6H3,(H,18,19). The lowest BCUT2D eigenvalue weighted by molar-refractivity contribution is 0.142. The number of hydrogen-bond acceptors (Lipinski definition) is 3. The van der Waals surface area contributed by atoms with E-state index in [1.165, 1.54) is 0 Å². The summed E-state index contributed by atoms with van der Waals surface area (Å²) in [4.78, 5) is 10.8. The van der Waals surface area contributed by atoms with Crippen molar-refractivity contribution < 1.29 is 19.7 Å². The van der Waals surface area contributed by atoms with Crippen LogP contribution < -0.4 is 4.74 Å². The van der Waals surface area contributed by atoms with Crippen LogP contribution in [0.15, 0.2) is 10.5 Å². The first-order valence-corrected chi connectivity index (χ1v) is 7.12. The summed E-state index contributed by atoms with van der Waals surface area (Å²) in [7, 11) is 0. The summed E-state index contributed by atoms with van der Waals surface area (Å²) in [5, 5.41) is 19.2. The first kappa shape index (κ1) is 16.8. The third-order valence-electron chi connectivity index (χ3n) is 3.00. The van der Waals surface area contributed by atoms with Gasteiger partial charge < -0.3 is 14.9 Å². The van der Waals surface area contributed by atoms with Crippen LogP contribution in [0.2, 0.25) is 0 Å². The Balaban J connectivity index is 3.70. The smallest absolute Gasteiger partial charge is 0.504 e. The van der Waals surface area contributed by atoms with Gasteiger partial charge in [0.25, 0.3) is 0 Å². The van der Waals surface area contributed by atoms with Gasteiger partial charge in [0.15, 0.2) is 11.5 Å². The average Bonchev–Trinajstić information content (AvgIpc) is 2.19. The Kier molecular flexibility index (Phi) is 4.44. The molecule has 0 aromatic heterocycles. The molecule has 0 aliphatic rings. The lowest BCUT2D eigenvalue weighted by Gasteiger charge is -2.28. The van der Waals surface area contributed by atoms with Crippen molar-refractivity contribution in [2.45, 2.75) is 52.4 Å². The molecule has 0 saturated heterocycles. The molecule has 0 amide bonds. The number of aromatic hydroxyl groups is 1. The molecule has 0 aliphatic carbocycles. The van der Waals surface area contributed by atoms with E-state index in [1.54, 1.807) is 0 Å². The number of hydrogen-bond donors (Lipinski definition) is 2. The number of phenolic OH excluding ortho intramolecular Hbond substituents is 1. The van der Waals surface area contributed by atoms with Crippen molar-refractivity contribution in [3.63, 3.8) is 0 Å². The number of halogens is 1. The van der Waals surface area contributed by atoms with Gasteiger partial charge in [0, 0.05) is 5.56 Å². The summed E-state index contributed by atoms with van der Waals surface area (Å²) in [6.45, 7) is 11.9. The summed E-state index contributed by atoms with van der Waals surface area (Å²) < 4.78 is 5.24. The Morgan fingerprint density at radius 1 is 1.10 bits per heavy atom. The zero-order valence-electron chi connectivity index (χ0n) is 12.7. The van der Waals surface area contributed by atoms with Crippen molar-refractivity contribution in [2.24, 2.45) is 0 Å². The van der Waals surface area contributed by atoms with Gasteiger partial charge in [-0.3, -0.25) is 0 Å². The van der Waals surface area contributed by atoms with Crippen molar-refractivity contribution in [1.82, 2.24) is 0 Å². The zero-order chi connectivity index (χ0) is 15.9. The van der Waals surface area contributed by atoms with Crippen LogP contribution in [0.3, 0.4) is 0 Å².